The van der Waals surface area contributed by atoms with Crippen LogP contribution in [-0.4, -0.2) is 19.0 Å². The van der Waals surface area contributed by atoms with Crippen LogP contribution in [0.2, 0.25) is 0 Å². The van der Waals surface area contributed by atoms with Gasteiger partial charge in [0, 0.05) is 10.8 Å². The van der Waals surface area contributed by atoms with E-state index in [0.29, 0.717) is 16.7 Å². The molecule has 0 atom stereocenters. The molecule has 8 heteroatoms. The van der Waals surface area contributed by atoms with Gasteiger partial charge in [-0.05, 0) is 67.4 Å². The molecule has 0 spiro atoms. The monoisotopic (exact) mass is 724 g/mol. The SMILES string of the molecule is O=S(=O)(Oc1cc(-c2ccccc2)c(-c2ccccc2)c2ccccc12)C(F)(F)F.Oc1cc(-c2ccccc2)c(-c2ccccc2)c2ccccc12. The van der Waals surface area contributed by atoms with Gasteiger partial charge in [-0.1, -0.05) is 170 Å². The van der Waals surface area contributed by atoms with Crippen molar-refractivity contribution in [1.29, 1.82) is 0 Å². The van der Waals surface area contributed by atoms with Crippen LogP contribution >= 0.6 is 0 Å². The number of rotatable bonds is 6. The van der Waals surface area contributed by atoms with Gasteiger partial charge in [0.25, 0.3) is 0 Å². The van der Waals surface area contributed by atoms with E-state index < -0.39 is 15.6 Å². The molecular formula is C45H31F3O4S. The van der Waals surface area contributed by atoms with Crippen LogP contribution in [0.25, 0.3) is 66.1 Å². The van der Waals surface area contributed by atoms with Gasteiger partial charge in [0.05, 0.1) is 0 Å². The molecule has 0 aliphatic heterocycles. The lowest BCUT2D eigenvalue weighted by Crippen LogP contribution is -2.28. The Kier molecular flexibility index (Phi) is 9.72. The van der Waals surface area contributed by atoms with Crippen LogP contribution in [0.5, 0.6) is 11.5 Å². The Bertz CT molecular complexity index is 2630. The van der Waals surface area contributed by atoms with E-state index in [4.69, 9.17) is 0 Å². The normalized spacial score (nSPS) is 11.5. The summed E-state index contributed by atoms with van der Waals surface area (Å²) in [6.07, 6.45) is 0. The Hall–Kier alpha value is -6.38. The fourth-order valence-corrected chi connectivity index (χ4v) is 6.92. The van der Waals surface area contributed by atoms with Crippen molar-refractivity contribution in [1.82, 2.24) is 0 Å². The van der Waals surface area contributed by atoms with Gasteiger partial charge in [0.15, 0.2) is 5.75 Å². The summed E-state index contributed by atoms with van der Waals surface area (Å²) in [6, 6.07) is 56.8. The topological polar surface area (TPSA) is 63.6 Å². The Morgan fingerprint density at radius 1 is 0.434 bits per heavy atom. The molecule has 0 bridgehead atoms. The van der Waals surface area contributed by atoms with Gasteiger partial charge in [-0.3, -0.25) is 0 Å². The van der Waals surface area contributed by atoms with E-state index in [1.165, 1.54) is 12.1 Å². The smallest absolute Gasteiger partial charge is 0.507 e. The lowest BCUT2D eigenvalue weighted by atomic mass is 9.89. The molecule has 1 N–H and O–H groups in total. The highest BCUT2D eigenvalue weighted by atomic mass is 32.2. The maximum atomic E-state index is 13.0. The van der Waals surface area contributed by atoms with Crippen molar-refractivity contribution in [3.8, 4) is 56.0 Å². The zero-order chi connectivity index (χ0) is 37.0. The molecule has 0 aromatic heterocycles. The molecule has 0 heterocycles. The minimum absolute atomic E-state index is 0.267. The maximum absolute atomic E-state index is 13.0. The highest BCUT2D eigenvalue weighted by Gasteiger charge is 2.48. The Balaban J connectivity index is 0.000000170. The molecule has 8 aromatic rings. The van der Waals surface area contributed by atoms with Crippen molar-refractivity contribution in [3.05, 3.63) is 182 Å². The van der Waals surface area contributed by atoms with Crippen LogP contribution in [0, 0.1) is 0 Å². The quantitative estimate of drug-likeness (QED) is 0.137. The molecular weight excluding hydrogens is 694 g/mol. The first-order valence-electron chi connectivity index (χ1n) is 16.7. The average Bonchev–Trinajstić information content (AvgIpc) is 3.19. The lowest BCUT2D eigenvalue weighted by Gasteiger charge is -2.18. The standard InChI is InChI=1S/C23H15F3O3S.C22H16O/c24-23(25,26)30(27,28)29-21-15-20(16-9-3-1-4-10-16)22(17-11-5-2-6-12-17)19-14-8-7-13-18(19)21;23-21-15-20(16-9-3-1-4-10-16)22(17-11-5-2-6-12-17)19-14-8-7-13-18(19)21/h1-15H;1-15,23H. The van der Waals surface area contributed by atoms with Gasteiger partial charge < -0.3 is 9.29 Å². The van der Waals surface area contributed by atoms with Crippen LogP contribution < -0.4 is 4.18 Å². The van der Waals surface area contributed by atoms with Gasteiger partial charge in [0.2, 0.25) is 0 Å². The molecule has 262 valence electrons. The molecule has 0 saturated carbocycles. The van der Waals surface area contributed by atoms with Gasteiger partial charge in [-0.2, -0.15) is 21.6 Å². The fourth-order valence-electron chi connectivity index (χ4n) is 6.46. The third-order valence-corrected chi connectivity index (χ3v) is 9.77. The van der Waals surface area contributed by atoms with E-state index in [-0.39, 0.29) is 11.1 Å². The zero-order valence-electron chi connectivity index (χ0n) is 28.0. The summed E-state index contributed by atoms with van der Waals surface area (Å²) in [6.45, 7) is 0. The molecule has 0 unspecified atom stereocenters. The number of phenolic OH excluding ortho intramolecular Hbond substituents is 1. The van der Waals surface area contributed by atoms with E-state index in [1.54, 1.807) is 42.5 Å². The average molecular weight is 725 g/mol. The summed E-state index contributed by atoms with van der Waals surface area (Å²) >= 11 is 0. The fraction of sp³-hybridized carbons (Fsp3) is 0.0222. The second-order valence-corrected chi connectivity index (χ2v) is 13.7. The first kappa shape index (κ1) is 35.0. The summed E-state index contributed by atoms with van der Waals surface area (Å²) in [5.74, 6) is -0.0550. The van der Waals surface area contributed by atoms with E-state index in [1.807, 2.05) is 97.1 Å². The molecule has 0 aliphatic carbocycles. The number of alkyl halides is 3. The molecule has 8 aromatic carbocycles. The minimum atomic E-state index is -5.82. The molecule has 4 nitrogen and oxygen atoms in total. The molecule has 0 radical (unpaired) electrons. The molecule has 0 fully saturated rings. The number of aromatic hydroxyl groups is 1. The lowest BCUT2D eigenvalue weighted by molar-refractivity contribution is -0.0499. The summed E-state index contributed by atoms with van der Waals surface area (Å²) in [5, 5.41) is 13.3. The summed E-state index contributed by atoms with van der Waals surface area (Å²) in [4.78, 5) is 0. The van der Waals surface area contributed by atoms with Gasteiger partial charge in [0.1, 0.15) is 5.75 Å². The largest absolute Gasteiger partial charge is 0.534 e. The molecule has 0 amide bonds. The molecule has 53 heavy (non-hydrogen) atoms. The van der Waals surface area contributed by atoms with Crippen molar-refractivity contribution in [2.75, 3.05) is 0 Å². The Morgan fingerprint density at radius 2 is 0.774 bits per heavy atom. The van der Waals surface area contributed by atoms with Crippen LogP contribution in [0.15, 0.2) is 182 Å². The van der Waals surface area contributed by atoms with Crippen molar-refractivity contribution in [2.24, 2.45) is 0 Å². The number of hydrogen-bond acceptors (Lipinski definition) is 4. The molecule has 8 rings (SSSR count). The number of hydrogen-bond donors (Lipinski definition) is 1. The van der Waals surface area contributed by atoms with Crippen molar-refractivity contribution < 1.29 is 30.9 Å². The van der Waals surface area contributed by atoms with Crippen molar-refractivity contribution in [2.45, 2.75) is 5.51 Å². The van der Waals surface area contributed by atoms with Crippen LogP contribution in [0.4, 0.5) is 13.2 Å². The second-order valence-electron chi connectivity index (χ2n) is 12.2. The van der Waals surface area contributed by atoms with Crippen molar-refractivity contribution in [3.63, 3.8) is 0 Å². The highest BCUT2D eigenvalue weighted by Crippen LogP contribution is 2.44. The predicted octanol–water partition coefficient (Wildman–Crippen LogP) is 12.3. The highest BCUT2D eigenvalue weighted by molar-refractivity contribution is 7.88. The van der Waals surface area contributed by atoms with E-state index >= 15 is 0 Å². The van der Waals surface area contributed by atoms with Gasteiger partial charge in [-0.25, -0.2) is 0 Å². The van der Waals surface area contributed by atoms with Crippen molar-refractivity contribution >= 4 is 31.7 Å². The molecule has 0 aliphatic rings. The minimum Gasteiger partial charge on any atom is -0.507 e. The van der Waals surface area contributed by atoms with E-state index in [0.717, 1.165) is 49.7 Å². The van der Waals surface area contributed by atoms with Crippen LogP contribution in [-0.2, 0) is 10.1 Å². The summed E-state index contributed by atoms with van der Waals surface area (Å²) in [5.41, 5.74) is 1.84. The van der Waals surface area contributed by atoms with E-state index in [9.17, 15) is 26.7 Å². The third kappa shape index (κ3) is 7.22. The predicted molar refractivity (Wildman–Crippen MR) is 207 cm³/mol. The first-order chi connectivity index (χ1) is 25.6. The van der Waals surface area contributed by atoms with Gasteiger partial charge in [-0.15, -0.1) is 0 Å². The number of phenols is 1. The number of halogens is 3. The van der Waals surface area contributed by atoms with Gasteiger partial charge >= 0.3 is 15.6 Å². The molecule has 0 saturated heterocycles. The summed E-state index contributed by atoms with van der Waals surface area (Å²) < 4.78 is 66.9. The zero-order valence-corrected chi connectivity index (χ0v) is 28.9. The maximum Gasteiger partial charge on any atom is 0.534 e. The number of fused-ring (bicyclic) bond motifs is 2. The van der Waals surface area contributed by atoms with Crippen LogP contribution in [0.3, 0.4) is 0 Å². The van der Waals surface area contributed by atoms with Crippen LogP contribution in [0.1, 0.15) is 0 Å². The Morgan fingerprint density at radius 3 is 1.21 bits per heavy atom. The summed E-state index contributed by atoms with van der Waals surface area (Å²) in [7, 11) is -5.82. The van der Waals surface area contributed by atoms with E-state index in [2.05, 4.69) is 34.5 Å². The Labute approximate surface area is 305 Å². The second kappa shape index (κ2) is 14.7. The first-order valence-corrected chi connectivity index (χ1v) is 18.1. The number of benzene rings is 8. The third-order valence-electron chi connectivity index (χ3n) is 8.81.